The first kappa shape index (κ1) is 26.0. The summed E-state index contributed by atoms with van der Waals surface area (Å²) in [6, 6.07) is 17.9. The second-order valence-electron chi connectivity index (χ2n) is 10.2. The Balaban J connectivity index is 1.33. The largest absolute Gasteiger partial charge is 0.477 e. The van der Waals surface area contributed by atoms with Gasteiger partial charge in [0.05, 0.1) is 24.2 Å². The number of carbonyl (C=O) groups excluding carboxylic acids is 1. The van der Waals surface area contributed by atoms with Crippen LogP contribution >= 0.6 is 0 Å². The van der Waals surface area contributed by atoms with Crippen LogP contribution in [0, 0.1) is 11.8 Å². The highest BCUT2D eigenvalue weighted by Gasteiger charge is 2.24. The van der Waals surface area contributed by atoms with Crippen LogP contribution in [-0.2, 0) is 6.54 Å². The summed E-state index contributed by atoms with van der Waals surface area (Å²) < 4.78 is 10.7. The number of ether oxygens (including phenoxy) is 1. The van der Waals surface area contributed by atoms with Gasteiger partial charge in [0.2, 0.25) is 5.88 Å². The van der Waals surface area contributed by atoms with Crippen molar-refractivity contribution >= 4 is 28.1 Å². The molecule has 1 atom stereocenters. The number of aryl methyl sites for hydroxylation is 1. The number of anilines is 1. The number of benzene rings is 2. The molecule has 3 N–H and O–H groups in total. The van der Waals surface area contributed by atoms with E-state index in [0.717, 1.165) is 13.0 Å². The molecule has 0 bridgehead atoms. The zero-order chi connectivity index (χ0) is 29.5. The molecule has 11 heteroatoms. The molecule has 43 heavy (non-hydrogen) atoms. The summed E-state index contributed by atoms with van der Waals surface area (Å²) in [5, 5.41) is 12.7. The number of carbonyl (C=O) groups is 1. The molecular formula is C32H26N8O3. The number of hydrogen-bond acceptors (Lipinski definition) is 7. The molecule has 2 aromatic carbocycles. The van der Waals surface area contributed by atoms with Crippen LogP contribution in [0.15, 0.2) is 84.0 Å². The maximum atomic E-state index is 14.3. The number of amides is 1. The topological polar surface area (TPSA) is 134 Å². The molecule has 4 aromatic heterocycles. The molecular weight excluding hydrogens is 544 g/mol. The van der Waals surface area contributed by atoms with E-state index in [1.165, 1.54) is 4.52 Å². The summed E-state index contributed by atoms with van der Waals surface area (Å²) in [7, 11) is 0. The molecule has 0 radical (unpaired) electrons. The first-order valence-corrected chi connectivity index (χ1v) is 13.8. The Hall–Kier alpha value is -5.89. The molecule has 0 spiro atoms. The molecule has 1 aliphatic rings. The molecule has 0 aliphatic carbocycles. The summed E-state index contributed by atoms with van der Waals surface area (Å²) in [6.07, 6.45) is 5.83. The van der Waals surface area contributed by atoms with E-state index in [9.17, 15) is 9.59 Å². The minimum absolute atomic E-state index is 0.0654. The Morgan fingerprint density at radius 3 is 2.79 bits per heavy atom. The summed E-state index contributed by atoms with van der Waals surface area (Å²) in [6.45, 7) is 3.22. The average molecular weight is 571 g/mol. The number of nitrogens with two attached hydrogens (primary N) is 1. The van der Waals surface area contributed by atoms with Gasteiger partial charge in [-0.25, -0.2) is 14.2 Å². The van der Waals surface area contributed by atoms with Crippen LogP contribution in [-0.4, -0.2) is 41.5 Å². The summed E-state index contributed by atoms with van der Waals surface area (Å²) >= 11 is 0. The highest BCUT2D eigenvalue weighted by atomic mass is 16.5. The number of nitrogens with zero attached hydrogens (tertiary/aromatic N) is 6. The van der Waals surface area contributed by atoms with E-state index < -0.39 is 11.9 Å². The fourth-order valence-corrected chi connectivity index (χ4v) is 5.40. The number of nitrogens with one attached hydrogen (secondary N) is 1. The van der Waals surface area contributed by atoms with Crippen molar-refractivity contribution in [2.24, 2.45) is 0 Å². The lowest BCUT2D eigenvalue weighted by Crippen LogP contribution is -2.32. The molecule has 1 amide bonds. The normalized spacial score (nSPS) is 13.1. The fraction of sp³-hybridized carbons (Fsp3) is 0.156. The van der Waals surface area contributed by atoms with Crippen LogP contribution in [0.3, 0.4) is 0 Å². The molecule has 6 aromatic rings. The molecule has 7 rings (SSSR count). The van der Waals surface area contributed by atoms with Gasteiger partial charge in [-0.3, -0.25) is 14.2 Å². The van der Waals surface area contributed by atoms with Crippen molar-refractivity contribution in [2.45, 2.75) is 25.9 Å². The lowest BCUT2D eigenvalue weighted by atomic mass is 10.0. The fourth-order valence-electron chi connectivity index (χ4n) is 5.40. The lowest BCUT2D eigenvalue weighted by molar-refractivity contribution is 0.0941. The van der Waals surface area contributed by atoms with Crippen molar-refractivity contribution < 1.29 is 9.53 Å². The monoisotopic (exact) mass is 570 g/mol. The van der Waals surface area contributed by atoms with Gasteiger partial charge in [-0.15, -0.1) is 5.10 Å². The van der Waals surface area contributed by atoms with Gasteiger partial charge in [-0.2, -0.15) is 5.10 Å². The van der Waals surface area contributed by atoms with Crippen molar-refractivity contribution in [3.05, 3.63) is 112 Å². The van der Waals surface area contributed by atoms with Crippen molar-refractivity contribution in [2.75, 3.05) is 12.3 Å². The van der Waals surface area contributed by atoms with Crippen molar-refractivity contribution in [3.8, 4) is 23.4 Å². The molecule has 5 heterocycles. The third-order valence-corrected chi connectivity index (χ3v) is 7.41. The number of nitrogen functional groups attached to an aromatic ring is 1. The van der Waals surface area contributed by atoms with Gasteiger partial charge < -0.3 is 15.8 Å². The van der Waals surface area contributed by atoms with Gasteiger partial charge >= 0.3 is 0 Å². The van der Waals surface area contributed by atoms with E-state index in [1.54, 1.807) is 33.9 Å². The number of rotatable bonds is 4. The SMILES string of the molecule is C[C@H](NC(=O)c1c(N)nn2cccnc12)c1cc2cccc(C#Cc3cnn4c3OCCC4)c2c(=O)n1-c1ccccc1. The lowest BCUT2D eigenvalue weighted by Gasteiger charge is -2.21. The van der Waals surface area contributed by atoms with E-state index in [-0.39, 0.29) is 16.9 Å². The Morgan fingerprint density at radius 2 is 1.93 bits per heavy atom. The van der Waals surface area contributed by atoms with Crippen LogP contribution in [0.2, 0.25) is 0 Å². The van der Waals surface area contributed by atoms with Crippen molar-refractivity contribution in [1.82, 2.24) is 34.3 Å². The minimum Gasteiger partial charge on any atom is -0.477 e. The van der Waals surface area contributed by atoms with E-state index in [4.69, 9.17) is 10.5 Å². The molecule has 212 valence electrons. The molecule has 11 nitrogen and oxygen atoms in total. The van der Waals surface area contributed by atoms with Crippen LogP contribution in [0.1, 0.15) is 46.6 Å². The molecule has 0 saturated carbocycles. The van der Waals surface area contributed by atoms with Crippen molar-refractivity contribution in [3.63, 3.8) is 0 Å². The Morgan fingerprint density at radius 1 is 1.09 bits per heavy atom. The average Bonchev–Trinajstić information content (AvgIpc) is 3.60. The number of fused-ring (bicyclic) bond motifs is 3. The maximum absolute atomic E-state index is 14.3. The minimum atomic E-state index is -0.589. The predicted octanol–water partition coefficient (Wildman–Crippen LogP) is 3.49. The van der Waals surface area contributed by atoms with Crippen LogP contribution in [0.5, 0.6) is 5.88 Å². The number of pyridine rings is 1. The maximum Gasteiger partial charge on any atom is 0.264 e. The van der Waals surface area contributed by atoms with Gasteiger partial charge in [0.1, 0.15) is 11.1 Å². The first-order valence-electron chi connectivity index (χ1n) is 13.8. The number of aromatic nitrogens is 6. The van der Waals surface area contributed by atoms with E-state index >= 15 is 0 Å². The second-order valence-corrected chi connectivity index (χ2v) is 10.2. The third kappa shape index (κ3) is 4.55. The standard InChI is InChI=1S/C32H26N8O3/c1-20(36-30(41)27-28(33)37-38-15-6-14-34-29(27)38)25-18-22-9-5-8-21(12-13-23-19-35-39-16-7-17-43-32(23)39)26(22)31(42)40(25)24-10-3-2-4-11-24/h2-6,8-11,14-15,18-20H,7,16-17H2,1H3,(H2,33,37)(H,36,41)/t20-/m0/s1. The van der Waals surface area contributed by atoms with E-state index in [1.807, 2.05) is 61.5 Å². The number of hydrogen-bond donors (Lipinski definition) is 2. The zero-order valence-corrected chi connectivity index (χ0v) is 23.2. The van der Waals surface area contributed by atoms with Gasteiger partial charge in [0.25, 0.3) is 11.5 Å². The summed E-state index contributed by atoms with van der Waals surface area (Å²) in [5.74, 6) is 6.61. The quantitative estimate of drug-likeness (QED) is 0.310. The zero-order valence-electron chi connectivity index (χ0n) is 23.2. The van der Waals surface area contributed by atoms with Crippen LogP contribution in [0.4, 0.5) is 5.82 Å². The Kier molecular flexibility index (Phi) is 6.36. The van der Waals surface area contributed by atoms with Gasteiger partial charge in [-0.05, 0) is 42.6 Å². The third-order valence-electron chi connectivity index (χ3n) is 7.41. The van der Waals surface area contributed by atoms with Gasteiger partial charge in [0.15, 0.2) is 11.5 Å². The summed E-state index contributed by atoms with van der Waals surface area (Å²) in [5.41, 5.74) is 8.85. The Bertz CT molecular complexity index is 2150. The van der Waals surface area contributed by atoms with Crippen LogP contribution in [0.25, 0.3) is 22.1 Å². The second kappa shape index (κ2) is 10.5. The highest BCUT2D eigenvalue weighted by Crippen LogP contribution is 2.25. The molecule has 0 unspecified atom stereocenters. The number of para-hydroxylation sites is 1. The highest BCUT2D eigenvalue weighted by molar-refractivity contribution is 6.04. The van der Waals surface area contributed by atoms with Gasteiger partial charge in [-0.1, -0.05) is 42.2 Å². The van der Waals surface area contributed by atoms with E-state index in [0.29, 0.717) is 51.4 Å². The van der Waals surface area contributed by atoms with Gasteiger partial charge in [0, 0.05) is 42.3 Å². The van der Waals surface area contributed by atoms with Crippen LogP contribution < -0.4 is 21.3 Å². The summed E-state index contributed by atoms with van der Waals surface area (Å²) in [4.78, 5) is 32.0. The molecule has 0 saturated heterocycles. The Labute approximate surface area is 245 Å². The molecule has 1 aliphatic heterocycles. The smallest absolute Gasteiger partial charge is 0.264 e. The molecule has 0 fully saturated rings. The van der Waals surface area contributed by atoms with E-state index in [2.05, 4.69) is 32.3 Å². The first-order chi connectivity index (χ1) is 21.0. The predicted molar refractivity (Wildman–Crippen MR) is 161 cm³/mol. The van der Waals surface area contributed by atoms with Crippen molar-refractivity contribution in [1.29, 1.82) is 0 Å².